The number of nitrogens with zero attached hydrogens (tertiary/aromatic N) is 1. The number of carbonyl (C=O) groups excluding carboxylic acids is 1. The summed E-state index contributed by atoms with van der Waals surface area (Å²) in [5.74, 6) is -1.24. The number of hydrogen-bond donors (Lipinski definition) is 4. The molecule has 3 aliphatic heterocycles. The Labute approximate surface area is 198 Å². The average Bonchev–Trinajstić information content (AvgIpc) is 3.20. The van der Waals surface area contributed by atoms with Gasteiger partial charge in [0.2, 0.25) is 0 Å². The molecule has 10 rings (SSSR count). The Morgan fingerprint density at radius 3 is 2.56 bits per heavy atom. The Balaban J connectivity index is 1.29. The van der Waals surface area contributed by atoms with Crippen LogP contribution in [0.25, 0.3) is 0 Å². The third-order valence-electron chi connectivity index (χ3n) is 11.7. The van der Waals surface area contributed by atoms with Gasteiger partial charge in [-0.25, -0.2) is 4.79 Å². The molecule has 15 atom stereocenters. The van der Waals surface area contributed by atoms with Crippen molar-refractivity contribution in [3.63, 3.8) is 0 Å². The summed E-state index contributed by atoms with van der Waals surface area (Å²) in [6.45, 7) is 6.29. The van der Waals surface area contributed by atoms with Crippen molar-refractivity contribution in [2.45, 2.75) is 68.9 Å². The Morgan fingerprint density at radius 1 is 1.09 bits per heavy atom. The molecule has 6 saturated carbocycles. The minimum atomic E-state index is -0.968. The molecular weight excluding hydrogens is 434 g/mol. The quantitative estimate of drug-likeness (QED) is 0.380. The zero-order valence-electron chi connectivity index (χ0n) is 19.1. The van der Waals surface area contributed by atoms with Crippen LogP contribution in [-0.4, -0.2) is 74.0 Å². The second-order valence-electron chi connectivity index (χ2n) is 12.6. The van der Waals surface area contributed by atoms with Gasteiger partial charge >= 0.3 is 5.97 Å². The Hall–Kier alpha value is -1.77. The summed E-state index contributed by atoms with van der Waals surface area (Å²) in [5.41, 5.74) is -0.284. The summed E-state index contributed by atoms with van der Waals surface area (Å²) in [6.07, 6.45) is -2.08. The van der Waals surface area contributed by atoms with E-state index in [2.05, 4.69) is 18.4 Å². The lowest BCUT2D eigenvalue weighted by Gasteiger charge is -2.66. The summed E-state index contributed by atoms with van der Waals surface area (Å²) in [4.78, 5) is 15.2. The van der Waals surface area contributed by atoms with Crippen molar-refractivity contribution >= 4 is 5.97 Å². The molecule has 9 bridgehead atoms. The minimum Gasteiger partial charge on any atom is -0.456 e. The van der Waals surface area contributed by atoms with Crippen LogP contribution < -0.4 is 0 Å². The number of benzene rings is 1. The van der Waals surface area contributed by atoms with E-state index < -0.39 is 53.4 Å². The fraction of sp³-hybridized carbons (Fsp3) is 0.667. The molecule has 0 radical (unpaired) electrons. The van der Waals surface area contributed by atoms with Crippen molar-refractivity contribution in [2.24, 2.45) is 39.9 Å². The van der Waals surface area contributed by atoms with Gasteiger partial charge in [0.15, 0.2) is 0 Å². The van der Waals surface area contributed by atoms with Gasteiger partial charge in [0, 0.05) is 40.7 Å². The fourth-order valence-corrected chi connectivity index (χ4v) is 11.4. The largest absolute Gasteiger partial charge is 0.456 e. The van der Waals surface area contributed by atoms with Gasteiger partial charge < -0.3 is 25.2 Å². The highest BCUT2D eigenvalue weighted by Crippen LogP contribution is 2.87. The van der Waals surface area contributed by atoms with Crippen molar-refractivity contribution in [3.8, 4) is 0 Å². The zero-order chi connectivity index (χ0) is 23.5. The molecule has 1 aromatic rings. The maximum absolute atomic E-state index is 13.0. The Kier molecular flexibility index (Phi) is 3.48. The molecule has 3 saturated heterocycles. The first kappa shape index (κ1) is 20.4. The van der Waals surface area contributed by atoms with Crippen LogP contribution in [0, 0.1) is 39.9 Å². The van der Waals surface area contributed by atoms with Crippen molar-refractivity contribution in [1.29, 1.82) is 0 Å². The minimum absolute atomic E-state index is 0.0169. The van der Waals surface area contributed by atoms with E-state index in [0.717, 1.165) is 18.4 Å². The molecule has 6 aliphatic carbocycles. The van der Waals surface area contributed by atoms with Gasteiger partial charge in [-0.05, 0) is 42.7 Å². The Morgan fingerprint density at radius 2 is 1.82 bits per heavy atom. The number of rotatable bonds is 2. The smallest absolute Gasteiger partial charge is 0.338 e. The van der Waals surface area contributed by atoms with E-state index in [1.165, 1.54) is 0 Å². The van der Waals surface area contributed by atoms with Gasteiger partial charge in [-0.1, -0.05) is 37.3 Å². The van der Waals surface area contributed by atoms with Crippen LogP contribution in [0.5, 0.6) is 0 Å². The van der Waals surface area contributed by atoms with E-state index in [-0.39, 0.29) is 35.3 Å². The first-order chi connectivity index (χ1) is 16.2. The summed E-state index contributed by atoms with van der Waals surface area (Å²) in [7, 11) is 0. The molecule has 34 heavy (non-hydrogen) atoms. The third-order valence-corrected chi connectivity index (χ3v) is 11.7. The first-order valence-electron chi connectivity index (χ1n) is 12.6. The van der Waals surface area contributed by atoms with Gasteiger partial charge in [-0.15, -0.1) is 0 Å². The molecule has 0 amide bonds. The van der Waals surface area contributed by atoms with Crippen LogP contribution in [-0.2, 0) is 4.74 Å². The second kappa shape index (κ2) is 5.79. The molecule has 4 N–H and O–H groups in total. The average molecular weight is 466 g/mol. The van der Waals surface area contributed by atoms with E-state index >= 15 is 0 Å². The molecule has 1 unspecified atom stereocenters. The van der Waals surface area contributed by atoms with Crippen LogP contribution >= 0.6 is 0 Å². The summed E-state index contributed by atoms with van der Waals surface area (Å²) < 4.78 is 5.99. The van der Waals surface area contributed by atoms with Crippen molar-refractivity contribution in [2.75, 3.05) is 0 Å². The van der Waals surface area contributed by atoms with E-state index in [0.29, 0.717) is 12.0 Å². The number of aliphatic hydroxyl groups excluding tert-OH is 4. The number of ether oxygens (including phenoxy) is 1. The van der Waals surface area contributed by atoms with E-state index in [9.17, 15) is 25.2 Å². The first-order valence-corrected chi connectivity index (χ1v) is 12.6. The molecule has 9 aliphatic rings. The van der Waals surface area contributed by atoms with Crippen LogP contribution in [0.15, 0.2) is 42.5 Å². The molecule has 7 heteroatoms. The number of aliphatic hydroxyl groups is 4. The molecule has 3 heterocycles. The van der Waals surface area contributed by atoms with Crippen molar-refractivity contribution < 1.29 is 30.0 Å². The fourth-order valence-electron chi connectivity index (χ4n) is 11.4. The number of hydrogen-bond acceptors (Lipinski definition) is 7. The highest BCUT2D eigenvalue weighted by molar-refractivity contribution is 5.89. The molecule has 9 fully saturated rings. The molecule has 2 spiro atoms. The molecular formula is C27H31NO6. The predicted octanol–water partition coefficient (Wildman–Crippen LogP) is 0.918. The lowest BCUT2D eigenvalue weighted by atomic mass is 9.39. The van der Waals surface area contributed by atoms with Crippen LogP contribution in [0.3, 0.4) is 0 Å². The molecule has 0 aromatic heterocycles. The number of carbonyl (C=O) groups is 1. The lowest BCUT2D eigenvalue weighted by Crippen LogP contribution is -2.71. The van der Waals surface area contributed by atoms with Crippen molar-refractivity contribution in [3.05, 3.63) is 48.0 Å². The third kappa shape index (κ3) is 1.76. The lowest BCUT2D eigenvalue weighted by molar-refractivity contribution is -0.257. The maximum atomic E-state index is 13.0. The monoisotopic (exact) mass is 465 g/mol. The van der Waals surface area contributed by atoms with E-state index in [1.807, 2.05) is 6.07 Å². The number of esters is 1. The second-order valence-corrected chi connectivity index (χ2v) is 12.6. The predicted molar refractivity (Wildman–Crippen MR) is 119 cm³/mol. The molecule has 1 aromatic carbocycles. The SMILES string of the molecule is C=C1C[C@@]23C[C@H]4[C@@H]5[C@]6(C)C[C@H](OC(=O)c7ccccc7)[C@H](O)[C@@]57[C@@H]2[C@@H](O)[C@@H]1[C@H](O)[C@@H]3[C@H]7N4[C@@H]6O. The van der Waals surface area contributed by atoms with Crippen LogP contribution in [0.1, 0.15) is 36.5 Å². The van der Waals surface area contributed by atoms with Gasteiger partial charge in [0.25, 0.3) is 0 Å². The van der Waals surface area contributed by atoms with E-state index in [4.69, 9.17) is 4.74 Å². The summed E-state index contributed by atoms with van der Waals surface area (Å²) in [5, 5.41) is 46.9. The highest BCUT2D eigenvalue weighted by atomic mass is 16.6. The maximum Gasteiger partial charge on any atom is 0.338 e. The van der Waals surface area contributed by atoms with E-state index in [1.54, 1.807) is 24.3 Å². The van der Waals surface area contributed by atoms with Crippen molar-refractivity contribution in [1.82, 2.24) is 4.90 Å². The molecule has 180 valence electrons. The van der Waals surface area contributed by atoms with Gasteiger partial charge in [-0.3, -0.25) is 4.90 Å². The van der Waals surface area contributed by atoms with Gasteiger partial charge in [0.1, 0.15) is 12.3 Å². The zero-order valence-corrected chi connectivity index (χ0v) is 19.1. The summed E-state index contributed by atoms with van der Waals surface area (Å²) >= 11 is 0. The van der Waals surface area contributed by atoms with Gasteiger partial charge in [-0.2, -0.15) is 0 Å². The number of piperidine rings is 2. The van der Waals surface area contributed by atoms with Gasteiger partial charge in [0.05, 0.1) is 23.9 Å². The highest BCUT2D eigenvalue weighted by Gasteiger charge is 2.93. The molecule has 7 nitrogen and oxygen atoms in total. The normalized spacial score (nSPS) is 61.3. The van der Waals surface area contributed by atoms with Crippen LogP contribution in [0.4, 0.5) is 0 Å². The number of fused-ring (bicyclic) bond motifs is 1. The Bertz CT molecular complexity index is 1140. The van der Waals surface area contributed by atoms with Crippen LogP contribution in [0.2, 0.25) is 0 Å². The summed E-state index contributed by atoms with van der Waals surface area (Å²) in [6, 6.07) is 8.64. The topological polar surface area (TPSA) is 110 Å². The standard InChI is InChI=1S/C27H31NO6/c1-11-8-26-9-13-19-25(2)10-14(34-23(32)12-6-4-3-5-7-12)22(31)27(19)20(26)18(30)15(11)17(29)16(26)21(27)28(13)24(25)33/h3-7,13-22,24,29-31,33H,1,8-10H2,2H3/t13-,14-,15-,16+,17-,18-,19+,20+,21+,22-,24+,25-,26-,27+/m0/s1.